The Labute approximate surface area is 189 Å². The van der Waals surface area contributed by atoms with Gasteiger partial charge < -0.3 is 15.4 Å². The summed E-state index contributed by atoms with van der Waals surface area (Å²) in [5, 5.41) is 31.8. The monoisotopic (exact) mass is 441 g/mol. The largest absolute Gasteiger partial charge is 0.445 e. The summed E-state index contributed by atoms with van der Waals surface area (Å²) in [6, 6.07) is 19.3. The maximum absolute atomic E-state index is 12.8. The van der Waals surface area contributed by atoms with Crippen molar-refractivity contribution in [3.63, 3.8) is 0 Å². The Bertz CT molecular complexity index is 1200. The first-order valence-corrected chi connectivity index (χ1v) is 10.9. The molecule has 2 aromatic rings. The summed E-state index contributed by atoms with van der Waals surface area (Å²) < 4.78 is 5.48. The number of fused-ring (bicyclic) bond motifs is 1. The van der Waals surface area contributed by atoms with Gasteiger partial charge in [-0.2, -0.15) is 15.8 Å². The lowest BCUT2D eigenvalue weighted by Gasteiger charge is -2.44. The van der Waals surface area contributed by atoms with E-state index in [1.165, 1.54) is 16.2 Å². The average Bonchev–Trinajstić information content (AvgIpc) is 3.36. The van der Waals surface area contributed by atoms with E-state index >= 15 is 0 Å². The van der Waals surface area contributed by atoms with Crippen LogP contribution < -0.4 is 5.73 Å². The van der Waals surface area contributed by atoms with Gasteiger partial charge in [0, 0.05) is 29.8 Å². The Kier molecular flexibility index (Phi) is 5.69. The molecule has 158 valence electrons. The van der Waals surface area contributed by atoms with Crippen LogP contribution in [0.4, 0.5) is 4.79 Å². The number of nitriles is 3. The van der Waals surface area contributed by atoms with Crippen molar-refractivity contribution in [2.45, 2.75) is 12.5 Å². The molecule has 1 aliphatic carbocycles. The van der Waals surface area contributed by atoms with Gasteiger partial charge in [-0.15, -0.1) is 11.3 Å². The van der Waals surface area contributed by atoms with E-state index in [4.69, 9.17) is 10.5 Å². The van der Waals surface area contributed by atoms with Crippen LogP contribution >= 0.6 is 11.3 Å². The van der Waals surface area contributed by atoms with Gasteiger partial charge in [0.2, 0.25) is 0 Å². The number of nitrogens with zero attached hydrogens (tertiary/aromatic N) is 4. The van der Waals surface area contributed by atoms with E-state index in [0.29, 0.717) is 5.57 Å². The van der Waals surface area contributed by atoms with Crippen molar-refractivity contribution in [3.8, 4) is 18.2 Å². The number of rotatable bonds is 3. The fraction of sp³-hybridized carbons (Fsp3) is 0.250. The number of carbonyl (C=O) groups excluding carboxylic acids is 1. The molecule has 2 heterocycles. The first kappa shape index (κ1) is 21.2. The van der Waals surface area contributed by atoms with Crippen LogP contribution in [0.3, 0.4) is 0 Å². The second kappa shape index (κ2) is 8.59. The van der Waals surface area contributed by atoms with E-state index in [2.05, 4.69) is 18.2 Å². The topological polar surface area (TPSA) is 127 Å². The lowest BCUT2D eigenvalue weighted by molar-refractivity contribution is 0.0900. The zero-order chi connectivity index (χ0) is 22.7. The lowest BCUT2D eigenvalue weighted by Crippen LogP contribution is -2.49. The van der Waals surface area contributed by atoms with Gasteiger partial charge in [0.1, 0.15) is 12.7 Å². The van der Waals surface area contributed by atoms with E-state index in [9.17, 15) is 20.6 Å². The zero-order valence-corrected chi connectivity index (χ0v) is 17.9. The van der Waals surface area contributed by atoms with Gasteiger partial charge in [-0.3, -0.25) is 0 Å². The van der Waals surface area contributed by atoms with Crippen LogP contribution in [0.25, 0.3) is 0 Å². The third kappa shape index (κ3) is 3.39. The van der Waals surface area contributed by atoms with Gasteiger partial charge >= 0.3 is 6.09 Å². The second-order valence-corrected chi connectivity index (χ2v) is 8.62. The molecule has 2 aliphatic rings. The van der Waals surface area contributed by atoms with Crippen LogP contribution in [0.5, 0.6) is 0 Å². The minimum atomic E-state index is -1.70. The molecule has 0 saturated heterocycles. The van der Waals surface area contributed by atoms with Crippen molar-refractivity contribution in [2.24, 2.45) is 17.1 Å². The molecule has 2 N–H and O–H groups in total. The number of allylic oxidation sites excluding steroid dienone is 2. The molecule has 0 unspecified atom stereocenters. The molecular formula is C24H19N5O2S. The molecule has 7 nitrogen and oxygen atoms in total. The molecule has 1 amide bonds. The van der Waals surface area contributed by atoms with Gasteiger partial charge in [-0.25, -0.2) is 4.79 Å². The number of benzene rings is 1. The molecule has 0 radical (unpaired) electrons. The molecule has 1 aliphatic heterocycles. The van der Waals surface area contributed by atoms with Crippen LogP contribution in [0.2, 0.25) is 0 Å². The van der Waals surface area contributed by atoms with E-state index < -0.39 is 23.3 Å². The smallest absolute Gasteiger partial charge is 0.410 e. The van der Waals surface area contributed by atoms with Gasteiger partial charge in [0.05, 0.1) is 23.4 Å². The van der Waals surface area contributed by atoms with E-state index in [0.717, 1.165) is 10.4 Å². The van der Waals surface area contributed by atoms with Crippen molar-refractivity contribution in [1.82, 2.24) is 4.90 Å². The summed E-state index contributed by atoms with van der Waals surface area (Å²) in [7, 11) is 0. The quantitative estimate of drug-likeness (QED) is 0.771. The molecular weight excluding hydrogens is 422 g/mol. The van der Waals surface area contributed by atoms with Crippen molar-refractivity contribution in [3.05, 3.63) is 81.2 Å². The highest BCUT2D eigenvalue weighted by molar-refractivity contribution is 7.10. The maximum atomic E-state index is 12.8. The van der Waals surface area contributed by atoms with Gasteiger partial charge in [-0.05, 0) is 22.6 Å². The van der Waals surface area contributed by atoms with Gasteiger partial charge in [-0.1, -0.05) is 42.5 Å². The predicted molar refractivity (Wildman–Crippen MR) is 117 cm³/mol. The summed E-state index contributed by atoms with van der Waals surface area (Å²) >= 11 is 1.42. The normalized spacial score (nSPS) is 21.4. The molecule has 0 bridgehead atoms. The van der Waals surface area contributed by atoms with Crippen molar-refractivity contribution in [2.75, 3.05) is 13.1 Å². The highest BCUT2D eigenvalue weighted by atomic mass is 32.1. The Morgan fingerprint density at radius 2 is 1.94 bits per heavy atom. The first-order valence-electron chi connectivity index (χ1n) is 9.98. The second-order valence-electron chi connectivity index (χ2n) is 7.64. The van der Waals surface area contributed by atoms with Crippen molar-refractivity contribution < 1.29 is 9.53 Å². The number of nitrogens with two attached hydrogens (primary N) is 1. The van der Waals surface area contributed by atoms with E-state index in [1.54, 1.807) is 6.08 Å². The Morgan fingerprint density at radius 1 is 1.19 bits per heavy atom. The molecule has 0 spiro atoms. The summed E-state index contributed by atoms with van der Waals surface area (Å²) in [6.45, 7) is 0.606. The zero-order valence-electron chi connectivity index (χ0n) is 17.1. The fourth-order valence-electron chi connectivity index (χ4n) is 4.41. The number of carbonyl (C=O) groups is 1. The summed E-state index contributed by atoms with van der Waals surface area (Å²) in [5.41, 5.74) is 6.26. The third-order valence-electron chi connectivity index (χ3n) is 5.98. The first-order chi connectivity index (χ1) is 15.6. The average molecular weight is 442 g/mol. The standard InChI is InChI=1S/C24H19N5O2S/c25-11-18-17-8-9-29(23(30)31-13-16-5-2-1-3-6-16)12-19(17)21(20-7-4-10-32-20)24(14-26,15-27)22(18)28/h1-8,10,19,21H,9,12-13,28H2/t19-,21-/m1/s1. The van der Waals surface area contributed by atoms with E-state index in [-0.39, 0.29) is 31.0 Å². The van der Waals surface area contributed by atoms with Crippen LogP contribution in [0.15, 0.2) is 70.8 Å². The highest BCUT2D eigenvalue weighted by Crippen LogP contribution is 2.54. The number of ether oxygens (including phenoxy) is 1. The van der Waals surface area contributed by atoms with Gasteiger partial charge in [0.15, 0.2) is 5.41 Å². The molecule has 4 rings (SSSR count). The molecule has 0 saturated carbocycles. The van der Waals surface area contributed by atoms with Crippen LogP contribution in [0.1, 0.15) is 16.4 Å². The number of amides is 1. The highest BCUT2D eigenvalue weighted by Gasteiger charge is 2.55. The summed E-state index contributed by atoms with van der Waals surface area (Å²) in [4.78, 5) is 15.1. The molecule has 2 atom stereocenters. The fourth-order valence-corrected chi connectivity index (χ4v) is 5.37. The van der Waals surface area contributed by atoms with Crippen LogP contribution in [0, 0.1) is 45.3 Å². The van der Waals surface area contributed by atoms with Gasteiger partial charge in [0.25, 0.3) is 0 Å². The molecule has 0 fully saturated rings. The van der Waals surface area contributed by atoms with Crippen LogP contribution in [-0.2, 0) is 11.3 Å². The minimum Gasteiger partial charge on any atom is -0.445 e. The molecule has 8 heteroatoms. The molecule has 32 heavy (non-hydrogen) atoms. The number of hydrogen-bond donors (Lipinski definition) is 1. The lowest BCUT2D eigenvalue weighted by atomic mass is 9.59. The Balaban J connectivity index is 1.69. The molecule has 1 aromatic heterocycles. The third-order valence-corrected chi connectivity index (χ3v) is 6.93. The predicted octanol–water partition coefficient (Wildman–Crippen LogP) is 3.81. The number of thiophene rings is 1. The minimum absolute atomic E-state index is 0.0222. The van der Waals surface area contributed by atoms with Crippen molar-refractivity contribution in [1.29, 1.82) is 15.8 Å². The van der Waals surface area contributed by atoms with E-state index in [1.807, 2.05) is 47.8 Å². The SMILES string of the molecule is N#CC1=C(N)C(C#N)(C#N)[C@@H](c2cccs2)[C@@H]2CN(C(=O)OCc3ccccc3)CC=C12. The van der Waals surface area contributed by atoms with Crippen molar-refractivity contribution >= 4 is 17.4 Å². The maximum Gasteiger partial charge on any atom is 0.410 e. The molecule has 1 aromatic carbocycles. The van der Waals surface area contributed by atoms with Crippen LogP contribution in [-0.4, -0.2) is 24.1 Å². The summed E-state index contributed by atoms with van der Waals surface area (Å²) in [6.07, 6.45) is 1.29. The Morgan fingerprint density at radius 3 is 2.56 bits per heavy atom. The number of hydrogen-bond acceptors (Lipinski definition) is 7. The summed E-state index contributed by atoms with van der Waals surface area (Å²) in [5.74, 6) is -1.04. The Hall–Kier alpha value is -4.06.